The van der Waals surface area contributed by atoms with Gasteiger partial charge in [-0.25, -0.2) is 4.79 Å². The minimum Gasteiger partial charge on any atom is -0.477 e. The average molecular weight is 272 g/mol. The lowest BCUT2D eigenvalue weighted by molar-refractivity contribution is 0.0683. The van der Waals surface area contributed by atoms with Crippen LogP contribution in [0.4, 0.5) is 0 Å². The Morgan fingerprint density at radius 3 is 2.45 bits per heavy atom. The summed E-state index contributed by atoms with van der Waals surface area (Å²) in [6.07, 6.45) is 0.770. The number of hydrogen-bond acceptors (Lipinski definition) is 2. The van der Waals surface area contributed by atoms with Crippen molar-refractivity contribution in [2.24, 2.45) is 0 Å². The molecule has 0 bridgehead atoms. The van der Waals surface area contributed by atoms with E-state index in [2.05, 4.69) is 5.10 Å². The smallest absolute Gasteiger partial charge is 0.354 e. The van der Waals surface area contributed by atoms with Gasteiger partial charge >= 0.3 is 5.97 Å². The minimum absolute atomic E-state index is 0.151. The molecule has 20 heavy (non-hydrogen) atoms. The van der Waals surface area contributed by atoms with Crippen molar-refractivity contribution in [3.8, 4) is 0 Å². The fourth-order valence-corrected chi connectivity index (χ4v) is 2.01. The molecule has 2 rings (SSSR count). The first-order valence-corrected chi connectivity index (χ1v) is 6.73. The van der Waals surface area contributed by atoms with Crippen LogP contribution in [0.25, 0.3) is 0 Å². The number of carboxylic acid groups (broad SMARTS) is 1. The second-order valence-electron chi connectivity index (χ2n) is 5.93. The Hall–Kier alpha value is -2.10. The molecular formula is C16H20N2O2. The molecule has 1 aromatic carbocycles. The van der Waals surface area contributed by atoms with E-state index in [0.717, 1.165) is 12.1 Å². The van der Waals surface area contributed by atoms with Crippen molar-refractivity contribution < 1.29 is 9.90 Å². The van der Waals surface area contributed by atoms with Crippen LogP contribution in [0.3, 0.4) is 0 Å². The van der Waals surface area contributed by atoms with Crippen LogP contribution in [0.2, 0.25) is 0 Å². The van der Waals surface area contributed by atoms with Gasteiger partial charge in [-0.15, -0.1) is 0 Å². The minimum atomic E-state index is -0.930. The summed E-state index contributed by atoms with van der Waals surface area (Å²) in [5.74, 6) is -0.930. The van der Waals surface area contributed by atoms with Crippen LogP contribution < -0.4 is 0 Å². The maximum atomic E-state index is 11.3. The third-order valence-corrected chi connectivity index (χ3v) is 3.22. The van der Waals surface area contributed by atoms with Crippen molar-refractivity contribution in [3.63, 3.8) is 0 Å². The lowest BCUT2D eigenvalue weighted by Crippen LogP contribution is -2.14. The molecule has 4 heteroatoms. The van der Waals surface area contributed by atoms with Gasteiger partial charge in [0.15, 0.2) is 0 Å². The van der Waals surface area contributed by atoms with Crippen molar-refractivity contribution in [2.45, 2.75) is 39.2 Å². The van der Waals surface area contributed by atoms with Gasteiger partial charge in [-0.3, -0.25) is 4.68 Å². The molecule has 0 radical (unpaired) electrons. The molecule has 0 saturated carbocycles. The Morgan fingerprint density at radius 2 is 1.90 bits per heavy atom. The molecule has 0 aliphatic heterocycles. The number of rotatable bonds is 4. The molecule has 0 saturated heterocycles. The third kappa shape index (κ3) is 3.26. The molecule has 0 unspecified atom stereocenters. The highest BCUT2D eigenvalue weighted by molar-refractivity contribution is 5.85. The number of carboxylic acids is 1. The first kappa shape index (κ1) is 14.3. The van der Waals surface area contributed by atoms with Crippen LogP contribution in [0, 0.1) is 0 Å². The summed E-state index contributed by atoms with van der Waals surface area (Å²) in [4.78, 5) is 11.3. The number of nitrogens with zero attached hydrogens (tertiary/aromatic N) is 2. The van der Waals surface area contributed by atoms with Gasteiger partial charge in [0.2, 0.25) is 0 Å². The normalized spacial score (nSPS) is 11.6. The van der Waals surface area contributed by atoms with Gasteiger partial charge in [-0.05, 0) is 18.1 Å². The van der Waals surface area contributed by atoms with Gasteiger partial charge in [-0.1, -0.05) is 51.1 Å². The highest BCUT2D eigenvalue weighted by Crippen LogP contribution is 2.22. The third-order valence-electron chi connectivity index (χ3n) is 3.22. The van der Waals surface area contributed by atoms with Gasteiger partial charge in [0, 0.05) is 12.0 Å². The van der Waals surface area contributed by atoms with Gasteiger partial charge in [0.25, 0.3) is 0 Å². The summed E-state index contributed by atoms with van der Waals surface area (Å²) >= 11 is 0. The van der Waals surface area contributed by atoms with Crippen LogP contribution in [-0.2, 0) is 18.4 Å². The number of carbonyl (C=O) groups is 1. The molecule has 2 aromatic rings. The summed E-state index contributed by atoms with van der Waals surface area (Å²) < 4.78 is 1.59. The summed E-state index contributed by atoms with van der Waals surface area (Å²) in [6.45, 7) is 6.66. The second-order valence-corrected chi connectivity index (χ2v) is 5.93. The van der Waals surface area contributed by atoms with Gasteiger partial charge in [-0.2, -0.15) is 5.10 Å². The van der Waals surface area contributed by atoms with Crippen LogP contribution in [0.1, 0.15) is 42.5 Å². The fourth-order valence-electron chi connectivity index (χ4n) is 2.01. The molecule has 0 atom stereocenters. The quantitative estimate of drug-likeness (QED) is 0.930. The molecule has 4 nitrogen and oxygen atoms in total. The van der Waals surface area contributed by atoms with Crippen molar-refractivity contribution in [1.82, 2.24) is 9.78 Å². The zero-order chi connectivity index (χ0) is 14.8. The van der Waals surface area contributed by atoms with Crippen molar-refractivity contribution in [1.29, 1.82) is 0 Å². The van der Waals surface area contributed by atoms with Crippen LogP contribution in [-0.4, -0.2) is 20.9 Å². The van der Waals surface area contributed by atoms with Gasteiger partial charge in [0.1, 0.15) is 5.69 Å². The van der Waals surface area contributed by atoms with Crippen LogP contribution in [0.15, 0.2) is 36.4 Å². The molecule has 0 aliphatic rings. The van der Waals surface area contributed by atoms with Crippen LogP contribution in [0.5, 0.6) is 0 Å². The molecule has 1 aromatic heterocycles. The van der Waals surface area contributed by atoms with E-state index < -0.39 is 5.97 Å². The maximum absolute atomic E-state index is 11.3. The monoisotopic (exact) mass is 272 g/mol. The molecule has 106 valence electrons. The SMILES string of the molecule is CC(C)(C)c1cc(C(=O)O)n(CCc2ccccc2)n1. The number of aromatic nitrogens is 2. The van der Waals surface area contributed by atoms with E-state index in [1.54, 1.807) is 10.7 Å². The molecule has 0 fully saturated rings. The van der Waals surface area contributed by atoms with Gasteiger partial charge < -0.3 is 5.11 Å². The topological polar surface area (TPSA) is 55.1 Å². The first-order chi connectivity index (χ1) is 9.38. The molecule has 0 spiro atoms. The highest BCUT2D eigenvalue weighted by atomic mass is 16.4. The van der Waals surface area contributed by atoms with E-state index >= 15 is 0 Å². The molecule has 0 aliphatic carbocycles. The summed E-state index contributed by atoms with van der Waals surface area (Å²) in [7, 11) is 0. The number of benzene rings is 1. The number of aryl methyl sites for hydroxylation is 2. The van der Waals surface area contributed by atoms with Crippen LogP contribution >= 0.6 is 0 Å². The molecular weight excluding hydrogens is 252 g/mol. The zero-order valence-corrected chi connectivity index (χ0v) is 12.1. The highest BCUT2D eigenvalue weighted by Gasteiger charge is 2.22. The van der Waals surface area contributed by atoms with E-state index in [1.807, 2.05) is 51.1 Å². The Balaban J connectivity index is 2.22. The Labute approximate surface area is 119 Å². The zero-order valence-electron chi connectivity index (χ0n) is 12.1. The largest absolute Gasteiger partial charge is 0.477 e. The van der Waals surface area contributed by atoms with E-state index in [0.29, 0.717) is 6.54 Å². The van der Waals surface area contributed by atoms with Crippen molar-refractivity contribution in [3.05, 3.63) is 53.3 Å². The Kier molecular flexibility index (Phi) is 3.93. The molecule has 1 heterocycles. The number of hydrogen-bond donors (Lipinski definition) is 1. The fraction of sp³-hybridized carbons (Fsp3) is 0.375. The van der Waals surface area contributed by atoms with E-state index in [-0.39, 0.29) is 11.1 Å². The summed E-state index contributed by atoms with van der Waals surface area (Å²) in [5.41, 5.74) is 2.09. The molecule has 0 amide bonds. The average Bonchev–Trinajstić information content (AvgIpc) is 2.82. The predicted molar refractivity (Wildman–Crippen MR) is 78.0 cm³/mol. The second kappa shape index (κ2) is 5.49. The Bertz CT molecular complexity index is 595. The lowest BCUT2D eigenvalue weighted by Gasteiger charge is -2.14. The van der Waals surface area contributed by atoms with E-state index in [1.165, 1.54) is 5.56 Å². The van der Waals surface area contributed by atoms with E-state index in [9.17, 15) is 9.90 Å². The standard InChI is InChI=1S/C16H20N2O2/c1-16(2,3)14-11-13(15(19)20)18(17-14)10-9-12-7-5-4-6-8-12/h4-8,11H,9-10H2,1-3H3,(H,19,20). The lowest BCUT2D eigenvalue weighted by atomic mass is 9.92. The summed E-state index contributed by atoms with van der Waals surface area (Å²) in [5, 5.41) is 13.7. The van der Waals surface area contributed by atoms with Crippen molar-refractivity contribution in [2.75, 3.05) is 0 Å². The predicted octanol–water partition coefficient (Wildman–Crippen LogP) is 3.12. The Morgan fingerprint density at radius 1 is 1.25 bits per heavy atom. The van der Waals surface area contributed by atoms with E-state index in [4.69, 9.17) is 0 Å². The van der Waals surface area contributed by atoms with Gasteiger partial charge in [0.05, 0.1) is 5.69 Å². The number of aromatic carboxylic acids is 1. The van der Waals surface area contributed by atoms with Crippen molar-refractivity contribution >= 4 is 5.97 Å². The maximum Gasteiger partial charge on any atom is 0.354 e. The summed E-state index contributed by atoms with van der Waals surface area (Å²) in [6, 6.07) is 11.7. The molecule has 1 N–H and O–H groups in total. The first-order valence-electron chi connectivity index (χ1n) is 6.73.